The number of halogens is 1. The van der Waals surface area contributed by atoms with Crippen LogP contribution in [0.15, 0.2) is 12.4 Å². The van der Waals surface area contributed by atoms with Crippen molar-refractivity contribution in [3.8, 4) is 0 Å². The minimum absolute atomic E-state index is 0.412. The summed E-state index contributed by atoms with van der Waals surface area (Å²) >= 11 is 5.91. The summed E-state index contributed by atoms with van der Waals surface area (Å²) in [6, 6.07) is 2.24. The molecule has 0 radical (unpaired) electrons. The maximum Gasteiger partial charge on any atom is 0.134 e. The molecule has 1 unspecified atom stereocenters. The summed E-state index contributed by atoms with van der Waals surface area (Å²) in [6.07, 6.45) is 5.13. The average molecular weight is 256 g/mol. The van der Waals surface area contributed by atoms with Gasteiger partial charge in [0.05, 0.1) is 12.6 Å². The number of nitrogens with zero attached hydrogens (tertiary/aromatic N) is 3. The van der Waals surface area contributed by atoms with Gasteiger partial charge in [-0.25, -0.2) is 9.97 Å². The Morgan fingerprint density at radius 2 is 2.35 bits per heavy atom. The van der Waals surface area contributed by atoms with Crippen LogP contribution in [0.3, 0.4) is 0 Å². The largest absolute Gasteiger partial charge is 0.380 e. The number of hydrogen-bond acceptors (Lipinski definition) is 4. The van der Waals surface area contributed by atoms with Crippen LogP contribution in [-0.4, -0.2) is 35.8 Å². The summed E-state index contributed by atoms with van der Waals surface area (Å²) in [7, 11) is 0. The normalized spacial score (nSPS) is 20.6. The first kappa shape index (κ1) is 12.6. The van der Waals surface area contributed by atoms with Gasteiger partial charge in [-0.1, -0.05) is 11.6 Å². The molecule has 0 bridgehead atoms. The topological polar surface area (TPSA) is 38.2 Å². The van der Waals surface area contributed by atoms with E-state index in [1.807, 2.05) is 13.0 Å². The summed E-state index contributed by atoms with van der Waals surface area (Å²) in [4.78, 5) is 10.5. The van der Waals surface area contributed by atoms with E-state index in [2.05, 4.69) is 14.9 Å². The molecule has 0 spiro atoms. The molecule has 1 aliphatic heterocycles. The van der Waals surface area contributed by atoms with Crippen LogP contribution in [-0.2, 0) is 4.74 Å². The molecule has 0 saturated carbocycles. The summed E-state index contributed by atoms with van der Waals surface area (Å²) in [5.74, 6) is 0.911. The molecule has 1 aromatic rings. The van der Waals surface area contributed by atoms with Crippen molar-refractivity contribution in [3.63, 3.8) is 0 Å². The van der Waals surface area contributed by atoms with Gasteiger partial charge in [0.15, 0.2) is 0 Å². The van der Waals surface area contributed by atoms with Crippen LogP contribution in [0.5, 0.6) is 0 Å². The fraction of sp³-hybridized carbons (Fsp3) is 0.667. The quantitative estimate of drug-likeness (QED) is 0.775. The monoisotopic (exact) mass is 255 g/mol. The summed E-state index contributed by atoms with van der Waals surface area (Å²) < 4.78 is 5.54. The second kappa shape index (κ2) is 6.17. The Balaban J connectivity index is 2.10. The summed E-state index contributed by atoms with van der Waals surface area (Å²) in [5.41, 5.74) is 0. The number of hydrogen-bond donors (Lipinski definition) is 0. The Morgan fingerprint density at radius 1 is 1.47 bits per heavy atom. The average Bonchev–Trinajstić information content (AvgIpc) is 2.37. The second-order valence-corrected chi connectivity index (χ2v) is 4.59. The van der Waals surface area contributed by atoms with Crippen molar-refractivity contribution in [3.05, 3.63) is 17.5 Å². The Bertz CT molecular complexity index is 361. The van der Waals surface area contributed by atoms with Crippen LogP contribution in [0.4, 0.5) is 5.82 Å². The standard InChI is InChI=1S/C12H18ClN3O/c1-2-17-8-10-5-3-4-6-16(10)12-7-11(13)14-9-15-12/h7,9-10H,2-6,8H2,1H3. The van der Waals surface area contributed by atoms with Gasteiger partial charge in [-0.2, -0.15) is 0 Å². The Kier molecular flexibility index (Phi) is 4.57. The highest BCUT2D eigenvalue weighted by atomic mass is 35.5. The van der Waals surface area contributed by atoms with Gasteiger partial charge in [-0.3, -0.25) is 0 Å². The zero-order valence-corrected chi connectivity index (χ0v) is 10.9. The maximum atomic E-state index is 5.91. The number of ether oxygens (including phenoxy) is 1. The SMILES string of the molecule is CCOCC1CCCCN1c1cc(Cl)ncn1. The van der Waals surface area contributed by atoms with E-state index in [0.717, 1.165) is 32.0 Å². The fourth-order valence-electron chi connectivity index (χ4n) is 2.21. The first-order chi connectivity index (χ1) is 8.31. The number of rotatable bonds is 4. The van der Waals surface area contributed by atoms with Crippen molar-refractivity contribution < 1.29 is 4.74 Å². The van der Waals surface area contributed by atoms with E-state index in [4.69, 9.17) is 16.3 Å². The molecule has 5 heteroatoms. The minimum atomic E-state index is 0.412. The fourth-order valence-corrected chi connectivity index (χ4v) is 2.35. The molecule has 2 rings (SSSR count). The molecule has 0 N–H and O–H groups in total. The lowest BCUT2D eigenvalue weighted by molar-refractivity contribution is 0.123. The minimum Gasteiger partial charge on any atom is -0.380 e. The van der Waals surface area contributed by atoms with E-state index >= 15 is 0 Å². The number of aromatic nitrogens is 2. The van der Waals surface area contributed by atoms with Crippen molar-refractivity contribution >= 4 is 17.4 Å². The zero-order valence-electron chi connectivity index (χ0n) is 10.1. The first-order valence-electron chi connectivity index (χ1n) is 6.13. The Labute approximate surface area is 107 Å². The molecular weight excluding hydrogens is 238 g/mol. The molecule has 1 fully saturated rings. The van der Waals surface area contributed by atoms with Gasteiger partial charge in [0.1, 0.15) is 17.3 Å². The molecule has 4 nitrogen and oxygen atoms in total. The van der Waals surface area contributed by atoms with E-state index < -0.39 is 0 Å². The third kappa shape index (κ3) is 3.30. The molecule has 1 saturated heterocycles. The summed E-state index contributed by atoms with van der Waals surface area (Å²) in [5, 5.41) is 0.496. The van der Waals surface area contributed by atoms with Gasteiger partial charge in [0.2, 0.25) is 0 Å². The highest BCUT2D eigenvalue weighted by Crippen LogP contribution is 2.24. The first-order valence-corrected chi connectivity index (χ1v) is 6.51. The predicted octanol–water partition coefficient (Wildman–Crippen LogP) is 2.53. The molecule has 1 atom stereocenters. The molecule has 17 heavy (non-hydrogen) atoms. The molecule has 1 aromatic heterocycles. The molecule has 1 aliphatic rings. The van der Waals surface area contributed by atoms with E-state index in [1.165, 1.54) is 19.2 Å². The van der Waals surface area contributed by atoms with E-state index in [-0.39, 0.29) is 0 Å². The van der Waals surface area contributed by atoms with Crippen LogP contribution in [0.1, 0.15) is 26.2 Å². The van der Waals surface area contributed by atoms with Crippen LogP contribution in [0.2, 0.25) is 5.15 Å². The van der Waals surface area contributed by atoms with Crippen molar-refractivity contribution in [2.75, 3.05) is 24.7 Å². The van der Waals surface area contributed by atoms with E-state index in [1.54, 1.807) is 0 Å². The van der Waals surface area contributed by atoms with Crippen molar-refractivity contribution in [2.24, 2.45) is 0 Å². The van der Waals surface area contributed by atoms with E-state index in [0.29, 0.717) is 11.2 Å². The summed E-state index contributed by atoms with van der Waals surface area (Å²) in [6.45, 7) is 4.56. The molecule has 94 valence electrons. The van der Waals surface area contributed by atoms with Crippen LogP contribution in [0.25, 0.3) is 0 Å². The molecule has 2 heterocycles. The predicted molar refractivity (Wildman–Crippen MR) is 68.5 cm³/mol. The third-order valence-electron chi connectivity index (χ3n) is 3.06. The van der Waals surface area contributed by atoms with Crippen molar-refractivity contribution in [1.82, 2.24) is 9.97 Å². The Morgan fingerprint density at radius 3 is 3.12 bits per heavy atom. The lowest BCUT2D eigenvalue weighted by atomic mass is 10.0. The van der Waals surface area contributed by atoms with Gasteiger partial charge in [0.25, 0.3) is 0 Å². The van der Waals surface area contributed by atoms with Gasteiger partial charge in [-0.05, 0) is 26.2 Å². The lowest BCUT2D eigenvalue weighted by Crippen LogP contribution is -2.43. The van der Waals surface area contributed by atoms with Crippen LogP contribution >= 0.6 is 11.6 Å². The van der Waals surface area contributed by atoms with Gasteiger partial charge >= 0.3 is 0 Å². The van der Waals surface area contributed by atoms with Crippen LogP contribution in [0, 0.1) is 0 Å². The molecule has 0 amide bonds. The lowest BCUT2D eigenvalue weighted by Gasteiger charge is -2.36. The highest BCUT2D eigenvalue weighted by Gasteiger charge is 2.23. The van der Waals surface area contributed by atoms with Gasteiger partial charge in [0, 0.05) is 19.2 Å². The van der Waals surface area contributed by atoms with Gasteiger partial charge in [-0.15, -0.1) is 0 Å². The van der Waals surface area contributed by atoms with E-state index in [9.17, 15) is 0 Å². The van der Waals surface area contributed by atoms with Gasteiger partial charge < -0.3 is 9.64 Å². The molecule has 0 aliphatic carbocycles. The third-order valence-corrected chi connectivity index (χ3v) is 3.26. The number of piperidine rings is 1. The number of anilines is 1. The highest BCUT2D eigenvalue weighted by molar-refractivity contribution is 6.29. The van der Waals surface area contributed by atoms with Crippen LogP contribution < -0.4 is 4.90 Å². The van der Waals surface area contributed by atoms with Crippen molar-refractivity contribution in [2.45, 2.75) is 32.2 Å². The maximum absolute atomic E-state index is 5.91. The smallest absolute Gasteiger partial charge is 0.134 e. The molecular formula is C12H18ClN3O. The van der Waals surface area contributed by atoms with Crippen molar-refractivity contribution in [1.29, 1.82) is 0 Å². The Hall–Kier alpha value is -0.870. The molecule has 0 aromatic carbocycles. The zero-order chi connectivity index (χ0) is 12.1. The second-order valence-electron chi connectivity index (χ2n) is 4.20.